The van der Waals surface area contributed by atoms with Gasteiger partial charge in [0.25, 0.3) is 5.91 Å². The Kier molecular flexibility index (Phi) is 4.64. The van der Waals surface area contributed by atoms with Crippen LogP contribution in [-0.2, 0) is 9.53 Å². The average Bonchev–Trinajstić information content (AvgIpc) is 2.59. The highest BCUT2D eigenvalue weighted by molar-refractivity contribution is 6.03. The summed E-state index contributed by atoms with van der Waals surface area (Å²) in [6, 6.07) is 8.38. The largest absolute Gasteiger partial charge is 0.452 e. The van der Waals surface area contributed by atoms with Gasteiger partial charge in [-0.05, 0) is 32.3 Å². The molecular formula is C18H20N2O4. The van der Waals surface area contributed by atoms with Gasteiger partial charge >= 0.3 is 5.97 Å². The molecule has 0 spiro atoms. The molecule has 1 aliphatic rings. The lowest BCUT2D eigenvalue weighted by molar-refractivity contribution is -0.137. The molecule has 1 aromatic heterocycles. The minimum atomic E-state index is -0.657. The van der Waals surface area contributed by atoms with Gasteiger partial charge in [0.15, 0.2) is 6.61 Å². The monoisotopic (exact) mass is 328 g/mol. The number of fused-ring (bicyclic) bond motifs is 1. The first-order valence-electron chi connectivity index (χ1n) is 8.15. The maximum absolute atomic E-state index is 12.3. The van der Waals surface area contributed by atoms with Crippen LogP contribution in [0.25, 0.3) is 10.9 Å². The molecular weight excluding hydrogens is 308 g/mol. The standard InChI is InChI=1S/C18H20N2O4/c1-12-6-4-5-9-20(12)17(22)11-24-18(23)14-10-16(21)19-15-8-3-2-7-13(14)15/h2-3,7-8,10,12H,4-6,9,11H2,1H3,(H,19,21)/t12-/m1/s1. The van der Waals surface area contributed by atoms with E-state index in [1.54, 1.807) is 29.2 Å². The van der Waals surface area contributed by atoms with E-state index in [-0.39, 0.29) is 29.7 Å². The van der Waals surface area contributed by atoms with Gasteiger partial charge in [0, 0.05) is 29.6 Å². The van der Waals surface area contributed by atoms with Crippen molar-refractivity contribution in [3.8, 4) is 0 Å². The first-order valence-corrected chi connectivity index (χ1v) is 8.15. The SMILES string of the molecule is C[C@@H]1CCCCN1C(=O)COC(=O)c1cc(=O)[nH]c2ccccc12. The lowest BCUT2D eigenvalue weighted by Crippen LogP contribution is -2.44. The predicted molar refractivity (Wildman–Crippen MR) is 89.9 cm³/mol. The Morgan fingerprint density at radius 2 is 2.08 bits per heavy atom. The molecule has 1 aliphatic heterocycles. The number of carbonyl (C=O) groups excluding carboxylic acids is 2. The van der Waals surface area contributed by atoms with Crippen LogP contribution in [0.4, 0.5) is 0 Å². The minimum absolute atomic E-state index is 0.172. The molecule has 0 aliphatic carbocycles. The highest BCUT2D eigenvalue weighted by atomic mass is 16.5. The van der Waals surface area contributed by atoms with Crippen LogP contribution in [0.3, 0.4) is 0 Å². The third-order valence-corrected chi connectivity index (χ3v) is 4.42. The molecule has 0 bridgehead atoms. The molecule has 0 saturated carbocycles. The van der Waals surface area contributed by atoms with Crippen molar-refractivity contribution >= 4 is 22.8 Å². The van der Waals surface area contributed by atoms with E-state index in [0.717, 1.165) is 19.3 Å². The third kappa shape index (κ3) is 3.32. The maximum Gasteiger partial charge on any atom is 0.339 e. The number of aromatic amines is 1. The zero-order valence-corrected chi connectivity index (χ0v) is 13.6. The van der Waals surface area contributed by atoms with Gasteiger partial charge in [-0.1, -0.05) is 18.2 Å². The van der Waals surface area contributed by atoms with Crippen molar-refractivity contribution in [2.45, 2.75) is 32.2 Å². The van der Waals surface area contributed by atoms with Gasteiger partial charge in [-0.25, -0.2) is 4.79 Å². The summed E-state index contributed by atoms with van der Waals surface area (Å²) < 4.78 is 5.17. The van der Waals surface area contributed by atoms with Crippen LogP contribution in [-0.4, -0.2) is 41.0 Å². The summed E-state index contributed by atoms with van der Waals surface area (Å²) in [5, 5.41) is 0.598. The number of para-hydroxylation sites is 1. The maximum atomic E-state index is 12.3. The van der Waals surface area contributed by atoms with Crippen molar-refractivity contribution in [2.75, 3.05) is 13.2 Å². The van der Waals surface area contributed by atoms with Crippen LogP contribution in [0.5, 0.6) is 0 Å². The summed E-state index contributed by atoms with van der Waals surface area (Å²) >= 11 is 0. The van der Waals surface area contributed by atoms with Gasteiger partial charge < -0.3 is 14.6 Å². The zero-order valence-electron chi connectivity index (χ0n) is 13.6. The van der Waals surface area contributed by atoms with Crippen LogP contribution >= 0.6 is 0 Å². The number of amides is 1. The summed E-state index contributed by atoms with van der Waals surface area (Å²) in [6.45, 7) is 2.40. The molecule has 1 saturated heterocycles. The minimum Gasteiger partial charge on any atom is -0.452 e. The Hall–Kier alpha value is -2.63. The number of ether oxygens (including phenoxy) is 1. The normalized spacial score (nSPS) is 17.7. The summed E-state index contributed by atoms with van der Waals surface area (Å²) in [4.78, 5) is 40.7. The number of likely N-dealkylation sites (tertiary alicyclic amines) is 1. The highest BCUT2D eigenvalue weighted by Crippen LogP contribution is 2.18. The fourth-order valence-corrected chi connectivity index (χ4v) is 3.13. The van der Waals surface area contributed by atoms with Crippen LogP contribution in [0.1, 0.15) is 36.5 Å². The lowest BCUT2D eigenvalue weighted by atomic mass is 10.0. The first-order chi connectivity index (χ1) is 11.6. The number of hydrogen-bond acceptors (Lipinski definition) is 4. The second-order valence-corrected chi connectivity index (χ2v) is 6.10. The Balaban J connectivity index is 1.74. The third-order valence-electron chi connectivity index (χ3n) is 4.42. The Labute approximate surface area is 139 Å². The predicted octanol–water partition coefficient (Wildman–Crippen LogP) is 2.09. The van der Waals surface area contributed by atoms with Gasteiger partial charge in [-0.2, -0.15) is 0 Å². The Morgan fingerprint density at radius 3 is 2.88 bits per heavy atom. The fourth-order valence-electron chi connectivity index (χ4n) is 3.13. The molecule has 1 N–H and O–H groups in total. The quantitative estimate of drug-likeness (QED) is 0.875. The van der Waals surface area contributed by atoms with Crippen molar-refractivity contribution in [3.63, 3.8) is 0 Å². The second kappa shape index (κ2) is 6.86. The van der Waals surface area contributed by atoms with Gasteiger partial charge in [-0.15, -0.1) is 0 Å². The number of piperidine rings is 1. The molecule has 6 nitrogen and oxygen atoms in total. The molecule has 3 rings (SSSR count). The summed E-state index contributed by atoms with van der Waals surface area (Å²) in [5.74, 6) is -0.847. The van der Waals surface area contributed by atoms with E-state index in [2.05, 4.69) is 4.98 Å². The van der Waals surface area contributed by atoms with E-state index < -0.39 is 5.97 Å². The molecule has 126 valence electrons. The molecule has 2 heterocycles. The van der Waals surface area contributed by atoms with Crippen LogP contribution in [0.15, 0.2) is 35.1 Å². The summed E-state index contributed by atoms with van der Waals surface area (Å²) in [6.07, 6.45) is 3.06. The lowest BCUT2D eigenvalue weighted by Gasteiger charge is -2.33. The summed E-state index contributed by atoms with van der Waals surface area (Å²) in [5.41, 5.74) is 0.360. The van der Waals surface area contributed by atoms with E-state index in [9.17, 15) is 14.4 Å². The molecule has 0 radical (unpaired) electrons. The topological polar surface area (TPSA) is 79.5 Å². The van der Waals surface area contributed by atoms with Crippen molar-refractivity contribution < 1.29 is 14.3 Å². The first kappa shape index (κ1) is 16.2. The molecule has 1 aromatic carbocycles. The zero-order chi connectivity index (χ0) is 17.1. The van der Waals surface area contributed by atoms with Crippen LogP contribution < -0.4 is 5.56 Å². The number of nitrogens with one attached hydrogen (secondary N) is 1. The van der Waals surface area contributed by atoms with E-state index in [1.807, 2.05) is 6.92 Å². The van der Waals surface area contributed by atoms with Crippen LogP contribution in [0.2, 0.25) is 0 Å². The number of carbonyl (C=O) groups is 2. The molecule has 24 heavy (non-hydrogen) atoms. The molecule has 2 aromatic rings. The van der Waals surface area contributed by atoms with E-state index in [4.69, 9.17) is 4.74 Å². The van der Waals surface area contributed by atoms with Crippen molar-refractivity contribution in [1.82, 2.24) is 9.88 Å². The van der Waals surface area contributed by atoms with Gasteiger partial charge in [0.05, 0.1) is 5.56 Å². The fraction of sp³-hybridized carbons (Fsp3) is 0.389. The molecule has 6 heteroatoms. The van der Waals surface area contributed by atoms with Crippen molar-refractivity contribution in [3.05, 3.63) is 46.2 Å². The number of nitrogens with zero attached hydrogens (tertiary/aromatic N) is 1. The number of esters is 1. The van der Waals surface area contributed by atoms with E-state index in [0.29, 0.717) is 17.4 Å². The number of aromatic nitrogens is 1. The Bertz CT molecular complexity index is 827. The molecule has 1 amide bonds. The van der Waals surface area contributed by atoms with Gasteiger partial charge in [-0.3, -0.25) is 9.59 Å². The van der Waals surface area contributed by atoms with Crippen LogP contribution in [0, 0.1) is 0 Å². The molecule has 1 fully saturated rings. The smallest absolute Gasteiger partial charge is 0.339 e. The van der Waals surface area contributed by atoms with Gasteiger partial charge in [0.2, 0.25) is 5.56 Å². The Morgan fingerprint density at radius 1 is 1.29 bits per heavy atom. The number of pyridine rings is 1. The average molecular weight is 328 g/mol. The number of benzene rings is 1. The summed E-state index contributed by atoms with van der Waals surface area (Å²) in [7, 11) is 0. The van der Waals surface area contributed by atoms with Crippen molar-refractivity contribution in [1.29, 1.82) is 0 Å². The molecule has 0 unspecified atom stereocenters. The highest BCUT2D eigenvalue weighted by Gasteiger charge is 2.24. The van der Waals surface area contributed by atoms with E-state index >= 15 is 0 Å². The number of hydrogen-bond donors (Lipinski definition) is 1. The van der Waals surface area contributed by atoms with Crippen molar-refractivity contribution in [2.24, 2.45) is 0 Å². The number of H-pyrrole nitrogens is 1. The molecule has 1 atom stereocenters. The second-order valence-electron chi connectivity index (χ2n) is 6.10. The number of rotatable bonds is 3. The van der Waals surface area contributed by atoms with Gasteiger partial charge in [0.1, 0.15) is 0 Å². The van der Waals surface area contributed by atoms with E-state index in [1.165, 1.54) is 6.07 Å².